The van der Waals surface area contributed by atoms with E-state index in [9.17, 15) is 4.79 Å². The van der Waals surface area contributed by atoms with Gasteiger partial charge in [0.1, 0.15) is 18.2 Å². The van der Waals surface area contributed by atoms with E-state index in [1.165, 1.54) is 18.4 Å². The van der Waals surface area contributed by atoms with Gasteiger partial charge >= 0.3 is 5.97 Å². The molecule has 0 bridgehead atoms. The fraction of sp³-hybridized carbons (Fsp3) is 0.231. The first-order chi connectivity index (χ1) is 9.28. The van der Waals surface area contributed by atoms with Crippen LogP contribution in [0.25, 0.3) is 10.6 Å². The smallest absolute Gasteiger partial charge is 0.357 e. The lowest BCUT2D eigenvalue weighted by molar-refractivity contribution is 0.0595. The molecule has 0 fully saturated rings. The number of rotatable bonds is 2. The monoisotopic (exact) mass is 277 g/mol. The third kappa shape index (κ3) is 2.26. The van der Waals surface area contributed by atoms with Crippen molar-refractivity contribution >= 4 is 17.3 Å². The average molecular weight is 277 g/mol. The maximum atomic E-state index is 11.4. The molecule has 6 heteroatoms. The van der Waals surface area contributed by atoms with Crippen molar-refractivity contribution in [2.45, 2.75) is 0 Å². The van der Waals surface area contributed by atoms with E-state index in [1.807, 2.05) is 18.2 Å². The summed E-state index contributed by atoms with van der Waals surface area (Å²) < 4.78 is 15.6. The number of esters is 1. The Morgan fingerprint density at radius 1 is 1.32 bits per heavy atom. The molecule has 1 aliphatic heterocycles. The largest absolute Gasteiger partial charge is 0.486 e. The van der Waals surface area contributed by atoms with Crippen LogP contribution >= 0.6 is 11.3 Å². The van der Waals surface area contributed by atoms with E-state index in [1.54, 1.807) is 5.38 Å². The highest BCUT2D eigenvalue weighted by Crippen LogP contribution is 2.35. The Morgan fingerprint density at radius 3 is 2.89 bits per heavy atom. The zero-order valence-electron chi connectivity index (χ0n) is 10.2. The van der Waals surface area contributed by atoms with Gasteiger partial charge in [0.05, 0.1) is 7.11 Å². The summed E-state index contributed by atoms with van der Waals surface area (Å²) >= 11 is 1.39. The van der Waals surface area contributed by atoms with Crippen LogP contribution in [0.3, 0.4) is 0 Å². The molecule has 2 aromatic rings. The van der Waals surface area contributed by atoms with Gasteiger partial charge in [-0.25, -0.2) is 9.78 Å². The summed E-state index contributed by atoms with van der Waals surface area (Å²) in [5, 5.41) is 2.43. The molecule has 0 amide bonds. The Morgan fingerprint density at radius 2 is 2.11 bits per heavy atom. The number of methoxy groups -OCH3 is 1. The minimum Gasteiger partial charge on any atom is -0.486 e. The van der Waals surface area contributed by atoms with Gasteiger partial charge in [-0.1, -0.05) is 0 Å². The Bertz CT molecular complexity index is 623. The third-order valence-electron chi connectivity index (χ3n) is 2.69. The number of fused-ring (bicyclic) bond motifs is 1. The number of nitrogens with zero attached hydrogens (tertiary/aromatic N) is 1. The van der Waals surface area contributed by atoms with Crippen LogP contribution in [-0.2, 0) is 4.74 Å². The minimum absolute atomic E-state index is 0.317. The van der Waals surface area contributed by atoms with E-state index in [0.29, 0.717) is 24.7 Å². The summed E-state index contributed by atoms with van der Waals surface area (Å²) in [6.07, 6.45) is 0. The Kier molecular flexibility index (Phi) is 3.08. The molecule has 19 heavy (non-hydrogen) atoms. The van der Waals surface area contributed by atoms with Gasteiger partial charge in [-0.3, -0.25) is 0 Å². The van der Waals surface area contributed by atoms with Crippen LogP contribution < -0.4 is 9.47 Å². The lowest BCUT2D eigenvalue weighted by Gasteiger charge is -2.18. The number of hydrogen-bond acceptors (Lipinski definition) is 6. The maximum Gasteiger partial charge on any atom is 0.357 e. The fourth-order valence-corrected chi connectivity index (χ4v) is 2.57. The Labute approximate surface area is 113 Å². The first kappa shape index (κ1) is 12.0. The Balaban J connectivity index is 1.93. The first-order valence-electron chi connectivity index (χ1n) is 5.72. The number of carbonyl (C=O) groups is 1. The van der Waals surface area contributed by atoms with Gasteiger partial charge in [-0.05, 0) is 18.2 Å². The van der Waals surface area contributed by atoms with Crippen molar-refractivity contribution in [3.63, 3.8) is 0 Å². The molecule has 3 rings (SSSR count). The van der Waals surface area contributed by atoms with Crippen LogP contribution in [0.2, 0.25) is 0 Å². The third-order valence-corrected chi connectivity index (χ3v) is 3.58. The highest BCUT2D eigenvalue weighted by molar-refractivity contribution is 7.13. The van der Waals surface area contributed by atoms with Gasteiger partial charge < -0.3 is 14.2 Å². The molecule has 0 aliphatic carbocycles. The molecule has 0 atom stereocenters. The number of aromatic nitrogens is 1. The summed E-state index contributed by atoms with van der Waals surface area (Å²) in [6, 6.07) is 5.62. The molecule has 0 saturated heterocycles. The van der Waals surface area contributed by atoms with Gasteiger partial charge in [-0.2, -0.15) is 0 Å². The zero-order chi connectivity index (χ0) is 13.2. The summed E-state index contributed by atoms with van der Waals surface area (Å²) in [4.78, 5) is 15.6. The molecule has 0 saturated carbocycles. The van der Waals surface area contributed by atoms with Crippen LogP contribution in [0.15, 0.2) is 23.6 Å². The molecule has 1 aliphatic rings. The second-order valence-electron chi connectivity index (χ2n) is 3.89. The summed E-state index contributed by atoms with van der Waals surface area (Å²) in [5.41, 5.74) is 1.21. The first-order valence-corrected chi connectivity index (χ1v) is 6.60. The standard InChI is InChI=1S/C13H11NO4S/c1-16-13(15)9-7-19-12(14-9)8-2-3-10-11(6-8)18-5-4-17-10/h2-3,6-7H,4-5H2,1H3. The lowest BCUT2D eigenvalue weighted by atomic mass is 10.2. The van der Waals surface area contributed by atoms with Crippen LogP contribution in [-0.4, -0.2) is 31.3 Å². The van der Waals surface area contributed by atoms with Crippen LogP contribution in [0, 0.1) is 0 Å². The van der Waals surface area contributed by atoms with Crippen molar-refractivity contribution in [3.05, 3.63) is 29.3 Å². The molecule has 0 N–H and O–H groups in total. The predicted molar refractivity (Wildman–Crippen MR) is 69.9 cm³/mol. The average Bonchev–Trinajstić information content (AvgIpc) is 2.95. The van der Waals surface area contributed by atoms with E-state index in [2.05, 4.69) is 9.72 Å². The zero-order valence-corrected chi connectivity index (χ0v) is 11.0. The summed E-state index contributed by atoms with van der Waals surface area (Å²) in [7, 11) is 1.34. The van der Waals surface area contributed by atoms with Crippen LogP contribution in [0.5, 0.6) is 11.5 Å². The second kappa shape index (κ2) is 4.89. The van der Waals surface area contributed by atoms with Gasteiger partial charge in [-0.15, -0.1) is 11.3 Å². The molecular weight excluding hydrogens is 266 g/mol. The highest BCUT2D eigenvalue weighted by Gasteiger charge is 2.15. The molecule has 1 aromatic carbocycles. The van der Waals surface area contributed by atoms with Crippen molar-refractivity contribution < 1.29 is 19.0 Å². The van der Waals surface area contributed by atoms with Crippen molar-refractivity contribution in [2.24, 2.45) is 0 Å². The van der Waals surface area contributed by atoms with Gasteiger partial charge in [0.25, 0.3) is 0 Å². The maximum absolute atomic E-state index is 11.4. The summed E-state index contributed by atoms with van der Waals surface area (Å²) in [6.45, 7) is 1.11. The second-order valence-corrected chi connectivity index (χ2v) is 4.75. The normalized spacial score (nSPS) is 13.1. The molecule has 5 nitrogen and oxygen atoms in total. The van der Waals surface area contributed by atoms with E-state index in [0.717, 1.165) is 16.3 Å². The molecule has 1 aromatic heterocycles. The van der Waals surface area contributed by atoms with E-state index in [4.69, 9.17) is 9.47 Å². The fourth-order valence-electron chi connectivity index (χ4n) is 1.78. The molecule has 0 radical (unpaired) electrons. The van der Waals surface area contributed by atoms with E-state index < -0.39 is 5.97 Å². The summed E-state index contributed by atoms with van der Waals surface area (Å²) in [5.74, 6) is 1.01. The van der Waals surface area contributed by atoms with E-state index >= 15 is 0 Å². The van der Waals surface area contributed by atoms with Crippen molar-refractivity contribution in [3.8, 4) is 22.1 Å². The molecular formula is C13H11NO4S. The van der Waals surface area contributed by atoms with Crippen LogP contribution in [0.1, 0.15) is 10.5 Å². The number of hydrogen-bond donors (Lipinski definition) is 0. The quantitative estimate of drug-likeness (QED) is 0.789. The highest BCUT2D eigenvalue weighted by atomic mass is 32.1. The van der Waals surface area contributed by atoms with Gasteiger partial charge in [0.15, 0.2) is 17.2 Å². The molecule has 0 spiro atoms. The lowest BCUT2D eigenvalue weighted by Crippen LogP contribution is -2.15. The number of thiazole rings is 1. The number of ether oxygens (including phenoxy) is 3. The van der Waals surface area contributed by atoms with Gasteiger partial charge in [0, 0.05) is 10.9 Å². The van der Waals surface area contributed by atoms with Crippen LogP contribution in [0.4, 0.5) is 0 Å². The van der Waals surface area contributed by atoms with Crippen molar-refractivity contribution in [2.75, 3.05) is 20.3 Å². The van der Waals surface area contributed by atoms with Crippen molar-refractivity contribution in [1.29, 1.82) is 0 Å². The van der Waals surface area contributed by atoms with Gasteiger partial charge in [0.2, 0.25) is 0 Å². The molecule has 2 heterocycles. The van der Waals surface area contributed by atoms with Crippen molar-refractivity contribution in [1.82, 2.24) is 4.98 Å². The number of carbonyl (C=O) groups excluding carboxylic acids is 1. The topological polar surface area (TPSA) is 57.7 Å². The molecule has 98 valence electrons. The number of benzene rings is 1. The van der Waals surface area contributed by atoms with E-state index in [-0.39, 0.29) is 0 Å². The molecule has 0 unspecified atom stereocenters. The minimum atomic E-state index is -0.431. The Hall–Kier alpha value is -2.08. The predicted octanol–water partition coefficient (Wildman–Crippen LogP) is 2.37. The SMILES string of the molecule is COC(=O)c1csc(-c2ccc3c(c2)OCCO3)n1.